The van der Waals surface area contributed by atoms with E-state index in [2.05, 4.69) is 54.6 Å². The number of allylic oxidation sites excluding steroid dienone is 4. The van der Waals surface area contributed by atoms with Crippen LogP contribution in [0, 0.1) is 16.7 Å². The lowest BCUT2D eigenvalue weighted by Gasteiger charge is -2.42. The molecule has 3 aliphatic rings. The molecule has 0 aromatic heterocycles. The Balaban J connectivity index is 1.60. The third-order valence-corrected chi connectivity index (χ3v) is 8.25. The molecule has 0 unspecified atom stereocenters. The van der Waals surface area contributed by atoms with Crippen LogP contribution in [0.15, 0.2) is 53.4 Å². The van der Waals surface area contributed by atoms with Gasteiger partial charge in [0.1, 0.15) is 23.1 Å². The van der Waals surface area contributed by atoms with Crippen LogP contribution >= 0.6 is 0 Å². The second-order valence-electron chi connectivity index (χ2n) is 12.1. The third kappa shape index (κ3) is 5.62. The van der Waals surface area contributed by atoms with Crippen LogP contribution in [0.1, 0.15) is 58.6 Å². The number of nitriles is 1. The maximum atomic E-state index is 13.2. The van der Waals surface area contributed by atoms with E-state index >= 15 is 0 Å². The molecule has 7 nitrogen and oxygen atoms in total. The van der Waals surface area contributed by atoms with Gasteiger partial charge in [0.05, 0.1) is 19.8 Å². The van der Waals surface area contributed by atoms with Crippen LogP contribution in [0.5, 0.6) is 11.5 Å². The van der Waals surface area contributed by atoms with Crippen molar-refractivity contribution in [3.8, 4) is 17.6 Å². The zero-order valence-corrected chi connectivity index (χ0v) is 24.8. The number of amides is 1. The molecule has 4 rings (SSSR count). The van der Waals surface area contributed by atoms with E-state index in [4.69, 9.17) is 9.47 Å². The molecule has 1 aromatic rings. The van der Waals surface area contributed by atoms with Crippen molar-refractivity contribution in [1.82, 2.24) is 14.7 Å². The van der Waals surface area contributed by atoms with Gasteiger partial charge < -0.3 is 19.3 Å². The van der Waals surface area contributed by atoms with Gasteiger partial charge in [0.25, 0.3) is 5.91 Å². The van der Waals surface area contributed by atoms with Gasteiger partial charge in [-0.05, 0) is 60.9 Å². The smallest absolute Gasteiger partial charge is 0.264 e. The highest BCUT2D eigenvalue weighted by molar-refractivity contribution is 5.97. The molecule has 1 aromatic carbocycles. The second-order valence-corrected chi connectivity index (χ2v) is 12.1. The monoisotopic (exact) mass is 530 g/mol. The van der Waals surface area contributed by atoms with E-state index in [1.807, 2.05) is 32.7 Å². The van der Waals surface area contributed by atoms with Gasteiger partial charge >= 0.3 is 0 Å². The number of carbonyl (C=O) groups is 1. The maximum Gasteiger partial charge on any atom is 0.264 e. The van der Waals surface area contributed by atoms with Gasteiger partial charge in [-0.25, -0.2) is 0 Å². The van der Waals surface area contributed by atoms with Gasteiger partial charge in [0, 0.05) is 56.2 Å². The molecule has 1 aliphatic carbocycles. The molecule has 0 radical (unpaired) electrons. The molecule has 2 aliphatic heterocycles. The van der Waals surface area contributed by atoms with Crippen molar-refractivity contribution in [2.24, 2.45) is 5.41 Å². The highest BCUT2D eigenvalue weighted by Gasteiger charge is 2.52. The summed E-state index contributed by atoms with van der Waals surface area (Å²) in [6.45, 7) is 17.0. The van der Waals surface area contributed by atoms with Gasteiger partial charge in [0.15, 0.2) is 0 Å². The van der Waals surface area contributed by atoms with Gasteiger partial charge in [-0.15, -0.1) is 0 Å². The van der Waals surface area contributed by atoms with E-state index < -0.39 is 0 Å². The molecule has 1 amide bonds. The fourth-order valence-electron chi connectivity index (χ4n) is 5.63. The molecular formula is C32H42N4O3. The summed E-state index contributed by atoms with van der Waals surface area (Å²) in [6.07, 6.45) is 5.94. The van der Waals surface area contributed by atoms with E-state index in [1.54, 1.807) is 20.3 Å². The zero-order chi connectivity index (χ0) is 28.7. The van der Waals surface area contributed by atoms with Crippen LogP contribution < -0.4 is 9.47 Å². The first-order chi connectivity index (χ1) is 18.3. The van der Waals surface area contributed by atoms with E-state index in [0.717, 1.165) is 58.9 Å². The third-order valence-electron chi connectivity index (χ3n) is 8.25. The Bertz CT molecular complexity index is 1290. The first kappa shape index (κ1) is 28.5. The van der Waals surface area contributed by atoms with Crippen LogP contribution in [-0.2, 0) is 11.3 Å². The number of likely N-dealkylation sites (N-methyl/N-ethyl adjacent to an activating group) is 1. The molecule has 208 valence electrons. The number of carbonyl (C=O) groups excluding carboxylic acids is 1. The Morgan fingerprint density at radius 2 is 1.74 bits per heavy atom. The van der Waals surface area contributed by atoms with Gasteiger partial charge in [0.2, 0.25) is 0 Å². The van der Waals surface area contributed by atoms with E-state index in [-0.39, 0.29) is 22.4 Å². The molecule has 0 bridgehead atoms. The normalized spacial score (nSPS) is 19.7. The topological polar surface area (TPSA) is 69.0 Å². The summed E-state index contributed by atoms with van der Waals surface area (Å²) >= 11 is 0. The summed E-state index contributed by atoms with van der Waals surface area (Å²) < 4.78 is 11.8. The number of rotatable bonds is 6. The molecule has 1 saturated carbocycles. The Morgan fingerprint density at radius 1 is 1.13 bits per heavy atom. The number of hydrogen-bond acceptors (Lipinski definition) is 6. The molecule has 0 atom stereocenters. The summed E-state index contributed by atoms with van der Waals surface area (Å²) in [5, 5.41) is 9.66. The van der Waals surface area contributed by atoms with Crippen LogP contribution in [0.2, 0.25) is 0 Å². The number of hydrogen-bond donors (Lipinski definition) is 0. The second kappa shape index (κ2) is 10.6. The van der Waals surface area contributed by atoms with Crippen molar-refractivity contribution in [3.63, 3.8) is 0 Å². The first-order valence-electron chi connectivity index (χ1n) is 13.6. The minimum absolute atomic E-state index is 0.0731. The summed E-state index contributed by atoms with van der Waals surface area (Å²) in [4.78, 5) is 19.6. The molecule has 1 spiro atoms. The number of piperazine rings is 1. The summed E-state index contributed by atoms with van der Waals surface area (Å²) in [6, 6.07) is 6.33. The summed E-state index contributed by atoms with van der Waals surface area (Å²) in [5.74, 6) is 1.42. The quantitative estimate of drug-likeness (QED) is 0.357. The van der Waals surface area contributed by atoms with Crippen molar-refractivity contribution >= 4 is 11.5 Å². The lowest BCUT2D eigenvalue weighted by atomic mass is 9.91. The molecule has 7 heteroatoms. The van der Waals surface area contributed by atoms with E-state index in [0.29, 0.717) is 19.6 Å². The fourth-order valence-corrected chi connectivity index (χ4v) is 5.63. The number of methoxy groups -OCH3 is 2. The fraction of sp³-hybridized carbons (Fsp3) is 0.500. The predicted octanol–water partition coefficient (Wildman–Crippen LogP) is 5.51. The van der Waals surface area contributed by atoms with Gasteiger partial charge in [-0.1, -0.05) is 33.4 Å². The number of benzene rings is 1. The Morgan fingerprint density at radius 3 is 2.26 bits per heavy atom. The van der Waals surface area contributed by atoms with E-state index in [1.165, 1.54) is 5.57 Å². The first-order valence-corrected chi connectivity index (χ1v) is 13.6. The van der Waals surface area contributed by atoms with Crippen LogP contribution in [0.3, 0.4) is 0 Å². The minimum atomic E-state index is -0.233. The van der Waals surface area contributed by atoms with Crippen molar-refractivity contribution in [3.05, 3.63) is 64.5 Å². The van der Waals surface area contributed by atoms with Gasteiger partial charge in [-0.2, -0.15) is 5.26 Å². The lowest BCUT2D eigenvalue weighted by Crippen LogP contribution is -2.56. The van der Waals surface area contributed by atoms with Crippen LogP contribution in [0.4, 0.5) is 0 Å². The van der Waals surface area contributed by atoms with Gasteiger partial charge in [-0.3, -0.25) is 9.69 Å². The van der Waals surface area contributed by atoms with Crippen molar-refractivity contribution in [2.75, 3.05) is 40.9 Å². The Kier molecular flexibility index (Phi) is 7.73. The SMILES string of the molecule is C=C1C(C)=C(C)C(c2cc(OC)c(CN3CCN(C(=O)/C(C#N)=C/C(C)(C)C)CC34CC4)c(OC)c2)=CN1C. The molecule has 2 fully saturated rings. The Labute approximate surface area is 233 Å². The van der Waals surface area contributed by atoms with E-state index in [9.17, 15) is 10.1 Å². The van der Waals surface area contributed by atoms with Crippen LogP contribution in [0.25, 0.3) is 5.57 Å². The van der Waals surface area contributed by atoms with Crippen molar-refractivity contribution in [2.45, 2.75) is 59.5 Å². The largest absolute Gasteiger partial charge is 0.496 e. The maximum absolute atomic E-state index is 13.2. The summed E-state index contributed by atoms with van der Waals surface area (Å²) in [5.41, 5.74) is 6.43. The average Bonchev–Trinajstić information content (AvgIpc) is 3.67. The Hall–Kier alpha value is -3.50. The molecule has 39 heavy (non-hydrogen) atoms. The zero-order valence-electron chi connectivity index (χ0n) is 24.8. The number of nitrogens with zero attached hydrogens (tertiary/aromatic N) is 4. The minimum Gasteiger partial charge on any atom is -0.496 e. The summed E-state index contributed by atoms with van der Waals surface area (Å²) in [7, 11) is 5.42. The lowest BCUT2D eigenvalue weighted by molar-refractivity contribution is -0.130. The van der Waals surface area contributed by atoms with Crippen LogP contribution in [-0.4, -0.2) is 67.0 Å². The number of ether oxygens (including phenoxy) is 2. The predicted molar refractivity (Wildman–Crippen MR) is 155 cm³/mol. The van der Waals surface area contributed by atoms with Crippen molar-refractivity contribution < 1.29 is 14.3 Å². The highest BCUT2D eigenvalue weighted by atomic mass is 16.5. The standard InChI is InChI=1S/C32H42N4O3/c1-21-22(2)26(18-34(7)23(21)3)24-14-28(38-8)27(29(15-24)39-9)19-36-13-12-35(20-32(36)10-11-32)30(37)25(17-33)16-31(4,5)6/h14-16,18H,3,10-13,19-20H2,1-2,4-9H3/b25-16+. The average molecular weight is 531 g/mol. The molecule has 0 N–H and O–H groups in total. The highest BCUT2D eigenvalue weighted by Crippen LogP contribution is 2.47. The molecule has 2 heterocycles. The molecule has 1 saturated heterocycles. The molecular weight excluding hydrogens is 488 g/mol. The van der Waals surface area contributed by atoms with Crippen molar-refractivity contribution in [1.29, 1.82) is 5.26 Å².